The first-order valence-corrected chi connectivity index (χ1v) is 8.40. The van der Waals surface area contributed by atoms with Crippen LogP contribution < -0.4 is 10.6 Å². The van der Waals surface area contributed by atoms with Crippen LogP contribution in [0.2, 0.25) is 0 Å². The maximum Gasteiger partial charge on any atom is 0.191 e. The van der Waals surface area contributed by atoms with Gasteiger partial charge in [-0.2, -0.15) is 11.3 Å². The fraction of sp³-hybridized carbons (Fsp3) is 0.667. The summed E-state index contributed by atoms with van der Waals surface area (Å²) in [5, 5.41) is 11.1. The van der Waals surface area contributed by atoms with E-state index < -0.39 is 0 Å². The van der Waals surface area contributed by atoms with E-state index >= 15 is 0 Å². The molecule has 0 radical (unpaired) electrons. The van der Waals surface area contributed by atoms with Gasteiger partial charge in [0.05, 0.1) is 12.7 Å². The van der Waals surface area contributed by atoms with Gasteiger partial charge in [0.15, 0.2) is 5.96 Å². The third kappa shape index (κ3) is 6.39. The van der Waals surface area contributed by atoms with E-state index in [0.29, 0.717) is 5.92 Å². The summed E-state index contributed by atoms with van der Waals surface area (Å²) in [4.78, 5) is 6.57. The smallest absolute Gasteiger partial charge is 0.191 e. The number of hydrogen-bond acceptors (Lipinski definition) is 4. The number of thiophene rings is 1. The lowest BCUT2D eigenvalue weighted by molar-refractivity contribution is -0.0161. The number of halogens is 1. The number of morpholine rings is 1. The van der Waals surface area contributed by atoms with Crippen molar-refractivity contribution in [2.45, 2.75) is 18.9 Å². The maximum absolute atomic E-state index is 5.74. The highest BCUT2D eigenvalue weighted by atomic mass is 127. The molecule has 0 bridgehead atoms. The topological polar surface area (TPSA) is 48.9 Å². The zero-order valence-corrected chi connectivity index (χ0v) is 16.7. The minimum atomic E-state index is 0. The standard InChI is InChI=1S/C15H26N4OS.HI/c1-12(13-4-7-21-11-13)8-17-15(16-2)18-9-14-10-19(3)5-6-20-14;/h4,7,11-12,14H,5-6,8-10H2,1-3H3,(H2,16,17,18);1H. The molecule has 0 amide bonds. The van der Waals surface area contributed by atoms with Crippen LogP contribution >= 0.6 is 35.3 Å². The third-order valence-corrected chi connectivity index (χ3v) is 4.45. The van der Waals surface area contributed by atoms with Gasteiger partial charge in [-0.1, -0.05) is 6.92 Å². The van der Waals surface area contributed by atoms with E-state index in [4.69, 9.17) is 4.74 Å². The Hall–Kier alpha value is -0.380. The zero-order valence-electron chi connectivity index (χ0n) is 13.5. The minimum absolute atomic E-state index is 0. The molecule has 2 atom stereocenters. The van der Waals surface area contributed by atoms with Gasteiger partial charge in [-0.15, -0.1) is 24.0 Å². The Kier molecular flexibility index (Phi) is 9.30. The van der Waals surface area contributed by atoms with Crippen molar-refractivity contribution in [3.8, 4) is 0 Å². The molecule has 7 heteroatoms. The van der Waals surface area contributed by atoms with Gasteiger partial charge >= 0.3 is 0 Å². The molecule has 1 aromatic rings. The molecule has 1 fully saturated rings. The summed E-state index contributed by atoms with van der Waals surface area (Å²) < 4.78 is 5.74. The molecule has 0 spiro atoms. The minimum Gasteiger partial charge on any atom is -0.374 e. The SMILES string of the molecule is CN=C(NCC1CN(C)CCO1)NCC(C)c1ccsc1.I. The highest BCUT2D eigenvalue weighted by molar-refractivity contribution is 14.0. The second-order valence-electron chi connectivity index (χ2n) is 5.55. The molecule has 1 aliphatic rings. The second kappa shape index (κ2) is 10.4. The number of nitrogens with one attached hydrogen (secondary N) is 2. The summed E-state index contributed by atoms with van der Waals surface area (Å²) in [6.07, 6.45) is 0.233. The molecule has 2 N–H and O–H groups in total. The number of aliphatic imine (C=N–C) groups is 1. The molecule has 1 aromatic heterocycles. The highest BCUT2D eigenvalue weighted by Crippen LogP contribution is 2.16. The van der Waals surface area contributed by atoms with E-state index in [2.05, 4.69) is 51.3 Å². The van der Waals surface area contributed by atoms with Crippen LogP contribution in [0.1, 0.15) is 18.4 Å². The zero-order chi connectivity index (χ0) is 15.1. The van der Waals surface area contributed by atoms with E-state index in [1.807, 2.05) is 0 Å². The molecule has 1 saturated heterocycles. The Morgan fingerprint density at radius 3 is 3.00 bits per heavy atom. The number of rotatable bonds is 5. The van der Waals surface area contributed by atoms with Crippen molar-refractivity contribution in [2.24, 2.45) is 4.99 Å². The molecule has 0 saturated carbocycles. The van der Waals surface area contributed by atoms with Crippen molar-refractivity contribution in [2.75, 3.05) is 46.9 Å². The van der Waals surface area contributed by atoms with E-state index in [-0.39, 0.29) is 30.1 Å². The lowest BCUT2D eigenvalue weighted by Gasteiger charge is -2.30. The van der Waals surface area contributed by atoms with Gasteiger partial charge in [0.1, 0.15) is 0 Å². The molecular formula is C15H27IN4OS. The lowest BCUT2D eigenvalue weighted by Crippen LogP contribution is -2.48. The molecular weight excluding hydrogens is 411 g/mol. The first-order valence-electron chi connectivity index (χ1n) is 7.45. The molecule has 5 nitrogen and oxygen atoms in total. The van der Waals surface area contributed by atoms with Crippen LogP contribution in [-0.4, -0.2) is 63.8 Å². The van der Waals surface area contributed by atoms with E-state index in [1.54, 1.807) is 18.4 Å². The Bertz CT molecular complexity index is 441. The summed E-state index contributed by atoms with van der Waals surface area (Å²) >= 11 is 1.74. The molecule has 1 aliphatic heterocycles. The van der Waals surface area contributed by atoms with Gasteiger partial charge in [-0.3, -0.25) is 4.99 Å². The van der Waals surface area contributed by atoms with Crippen molar-refractivity contribution >= 4 is 41.3 Å². The lowest BCUT2D eigenvalue weighted by atomic mass is 10.1. The molecule has 126 valence electrons. The molecule has 0 aromatic carbocycles. The number of hydrogen-bond donors (Lipinski definition) is 2. The van der Waals surface area contributed by atoms with E-state index in [9.17, 15) is 0 Å². The second-order valence-corrected chi connectivity index (χ2v) is 6.33. The summed E-state index contributed by atoms with van der Waals surface area (Å²) in [5.74, 6) is 1.32. The number of guanidine groups is 1. The highest BCUT2D eigenvalue weighted by Gasteiger charge is 2.17. The van der Waals surface area contributed by atoms with Crippen molar-refractivity contribution < 1.29 is 4.74 Å². The first-order chi connectivity index (χ1) is 10.2. The van der Waals surface area contributed by atoms with Crippen molar-refractivity contribution in [3.05, 3.63) is 22.4 Å². The van der Waals surface area contributed by atoms with Gasteiger partial charge in [0.25, 0.3) is 0 Å². The summed E-state index contributed by atoms with van der Waals surface area (Å²) in [7, 11) is 3.93. The van der Waals surface area contributed by atoms with Gasteiger partial charge in [0.2, 0.25) is 0 Å². The van der Waals surface area contributed by atoms with Gasteiger partial charge < -0.3 is 20.3 Å². The molecule has 22 heavy (non-hydrogen) atoms. The van der Waals surface area contributed by atoms with Crippen LogP contribution in [-0.2, 0) is 4.74 Å². The summed E-state index contributed by atoms with van der Waals surface area (Å²) in [6.45, 7) is 6.68. The molecule has 2 unspecified atom stereocenters. The average molecular weight is 438 g/mol. The number of nitrogens with zero attached hydrogens (tertiary/aromatic N) is 2. The largest absolute Gasteiger partial charge is 0.374 e. The van der Waals surface area contributed by atoms with E-state index in [0.717, 1.165) is 38.7 Å². The Morgan fingerprint density at radius 1 is 1.55 bits per heavy atom. The fourth-order valence-electron chi connectivity index (χ4n) is 2.34. The van der Waals surface area contributed by atoms with E-state index in [1.165, 1.54) is 5.56 Å². The Balaban J connectivity index is 0.00000242. The average Bonchev–Trinajstić information content (AvgIpc) is 3.01. The van der Waals surface area contributed by atoms with Crippen molar-refractivity contribution in [1.29, 1.82) is 0 Å². The van der Waals surface area contributed by atoms with Crippen molar-refractivity contribution in [1.82, 2.24) is 15.5 Å². The Labute approximate surface area is 154 Å². The molecule has 2 heterocycles. The quantitative estimate of drug-likeness (QED) is 0.420. The summed E-state index contributed by atoms with van der Waals surface area (Å²) in [6, 6.07) is 2.18. The summed E-state index contributed by atoms with van der Waals surface area (Å²) in [5.41, 5.74) is 1.38. The maximum atomic E-state index is 5.74. The first kappa shape index (κ1) is 19.7. The van der Waals surface area contributed by atoms with Crippen LogP contribution in [0.5, 0.6) is 0 Å². The van der Waals surface area contributed by atoms with Gasteiger partial charge in [0, 0.05) is 33.2 Å². The Morgan fingerprint density at radius 2 is 2.36 bits per heavy atom. The third-order valence-electron chi connectivity index (χ3n) is 3.75. The fourth-order valence-corrected chi connectivity index (χ4v) is 3.13. The number of likely N-dealkylation sites (N-methyl/N-ethyl adjacent to an activating group) is 1. The molecule has 0 aliphatic carbocycles. The van der Waals surface area contributed by atoms with Crippen molar-refractivity contribution in [3.63, 3.8) is 0 Å². The predicted molar refractivity (Wildman–Crippen MR) is 105 cm³/mol. The van der Waals surface area contributed by atoms with Crippen LogP contribution in [0, 0.1) is 0 Å². The number of ether oxygens (including phenoxy) is 1. The molecule has 2 rings (SSSR count). The predicted octanol–water partition coefficient (Wildman–Crippen LogP) is 1.97. The van der Waals surface area contributed by atoms with Crippen LogP contribution in [0.3, 0.4) is 0 Å². The normalized spacial score (nSPS) is 21.0. The van der Waals surface area contributed by atoms with Gasteiger partial charge in [-0.25, -0.2) is 0 Å². The van der Waals surface area contributed by atoms with Crippen LogP contribution in [0.25, 0.3) is 0 Å². The van der Waals surface area contributed by atoms with Crippen LogP contribution in [0.15, 0.2) is 21.8 Å². The van der Waals surface area contributed by atoms with Gasteiger partial charge in [-0.05, 0) is 35.4 Å². The van der Waals surface area contributed by atoms with Crippen LogP contribution in [0.4, 0.5) is 0 Å². The monoisotopic (exact) mass is 438 g/mol.